The third kappa shape index (κ3) is 6.91. The Bertz CT molecular complexity index is 2610. The number of aromatic nitrogens is 4. The van der Waals surface area contributed by atoms with Crippen molar-refractivity contribution >= 4 is 33.1 Å². The summed E-state index contributed by atoms with van der Waals surface area (Å²) in [6, 6.07) is 49.9. The van der Waals surface area contributed by atoms with Crippen molar-refractivity contribution in [2.75, 3.05) is 0 Å². The van der Waals surface area contributed by atoms with Crippen molar-refractivity contribution in [2.45, 2.75) is 46.5 Å². The van der Waals surface area contributed by atoms with Crippen LogP contribution in [0.4, 0.5) is 0 Å². The molecule has 0 spiro atoms. The zero-order chi connectivity index (χ0) is 36.5. The number of para-hydroxylation sites is 2. The van der Waals surface area contributed by atoms with Crippen molar-refractivity contribution in [2.24, 2.45) is 0 Å². The SMILES string of the molecule is Cc1ccnc2nc(-c3[c-]ccc4c3oc3ccccc34)n(-c3c(C(C)C)cccc3C(C)C)c12.[Ir].[c-]1ccccc1-c1cc(-c2ccccc2)ccn1. The fourth-order valence-corrected chi connectivity index (χ4v) is 7.10. The number of hydrogen-bond acceptors (Lipinski definition) is 4. The Morgan fingerprint density at radius 1 is 0.648 bits per heavy atom. The molecule has 54 heavy (non-hydrogen) atoms. The van der Waals surface area contributed by atoms with Crippen LogP contribution in [-0.4, -0.2) is 19.5 Å². The van der Waals surface area contributed by atoms with Crippen LogP contribution in [0.15, 0.2) is 144 Å². The van der Waals surface area contributed by atoms with Gasteiger partial charge in [0.25, 0.3) is 0 Å². The van der Waals surface area contributed by atoms with Crippen LogP contribution < -0.4 is 0 Å². The second kappa shape index (κ2) is 15.7. The van der Waals surface area contributed by atoms with Crippen LogP contribution in [0.1, 0.15) is 56.2 Å². The first kappa shape index (κ1) is 36.7. The fourth-order valence-electron chi connectivity index (χ4n) is 7.10. The summed E-state index contributed by atoms with van der Waals surface area (Å²) in [7, 11) is 0. The van der Waals surface area contributed by atoms with Crippen molar-refractivity contribution in [3.63, 3.8) is 0 Å². The third-order valence-electron chi connectivity index (χ3n) is 9.73. The Balaban J connectivity index is 0.000000200. The molecule has 5 nitrogen and oxygen atoms in total. The smallest absolute Gasteiger partial charge is 0.168 e. The molecular formula is C48H40IrN4O-2. The summed E-state index contributed by atoms with van der Waals surface area (Å²) in [6.07, 6.45) is 3.68. The van der Waals surface area contributed by atoms with E-state index in [9.17, 15) is 0 Å². The van der Waals surface area contributed by atoms with Gasteiger partial charge in [-0.05, 0) is 70.5 Å². The summed E-state index contributed by atoms with van der Waals surface area (Å²) in [4.78, 5) is 14.2. The molecule has 9 aromatic rings. The number of rotatable bonds is 6. The van der Waals surface area contributed by atoms with Crippen molar-refractivity contribution in [3.05, 3.63) is 169 Å². The maximum Gasteiger partial charge on any atom is 0.168 e. The number of fused-ring (bicyclic) bond motifs is 4. The van der Waals surface area contributed by atoms with E-state index in [4.69, 9.17) is 9.40 Å². The van der Waals surface area contributed by atoms with Crippen LogP contribution >= 0.6 is 0 Å². The minimum absolute atomic E-state index is 0. The maximum absolute atomic E-state index is 6.41. The molecule has 6 heteroatoms. The van der Waals surface area contributed by atoms with Crippen LogP contribution in [0.5, 0.6) is 0 Å². The molecule has 1 radical (unpaired) electrons. The number of nitrogens with zero attached hydrogens (tertiary/aromatic N) is 4. The molecule has 4 aromatic heterocycles. The first-order valence-corrected chi connectivity index (χ1v) is 18.2. The predicted molar refractivity (Wildman–Crippen MR) is 217 cm³/mol. The Morgan fingerprint density at radius 3 is 2.11 bits per heavy atom. The number of aryl methyl sites for hydroxylation is 1. The van der Waals surface area contributed by atoms with E-state index < -0.39 is 0 Å². The van der Waals surface area contributed by atoms with Crippen molar-refractivity contribution < 1.29 is 24.5 Å². The van der Waals surface area contributed by atoms with Crippen molar-refractivity contribution in [3.8, 4) is 39.5 Å². The number of furan rings is 1. The minimum atomic E-state index is 0. The summed E-state index contributed by atoms with van der Waals surface area (Å²) in [5.41, 5.74) is 13.5. The van der Waals surface area contributed by atoms with Gasteiger partial charge in [-0.2, -0.15) is 0 Å². The summed E-state index contributed by atoms with van der Waals surface area (Å²) in [5.74, 6) is 1.50. The topological polar surface area (TPSA) is 56.7 Å². The molecule has 0 saturated heterocycles. The average Bonchev–Trinajstić information content (AvgIpc) is 3.78. The summed E-state index contributed by atoms with van der Waals surface area (Å²) >= 11 is 0. The minimum Gasteiger partial charge on any atom is -0.501 e. The van der Waals surface area contributed by atoms with Gasteiger partial charge in [-0.25, -0.2) is 4.98 Å². The zero-order valence-electron chi connectivity index (χ0n) is 31.0. The summed E-state index contributed by atoms with van der Waals surface area (Å²) < 4.78 is 8.71. The molecule has 0 N–H and O–H groups in total. The van der Waals surface area contributed by atoms with E-state index >= 15 is 0 Å². The molecule has 0 aliphatic rings. The van der Waals surface area contributed by atoms with Gasteiger partial charge in [0.2, 0.25) is 0 Å². The van der Waals surface area contributed by atoms with E-state index in [1.807, 2.05) is 85.2 Å². The largest absolute Gasteiger partial charge is 0.501 e. The molecule has 0 fully saturated rings. The number of hydrogen-bond donors (Lipinski definition) is 0. The average molecular weight is 881 g/mol. The molecule has 0 saturated carbocycles. The van der Waals surface area contributed by atoms with Gasteiger partial charge in [0, 0.05) is 43.6 Å². The fraction of sp³-hybridized carbons (Fsp3) is 0.146. The number of imidazole rings is 1. The number of benzene rings is 5. The van der Waals surface area contributed by atoms with Crippen LogP contribution in [0.25, 0.3) is 72.6 Å². The molecule has 0 aliphatic heterocycles. The van der Waals surface area contributed by atoms with Gasteiger partial charge in [0.05, 0.1) is 16.9 Å². The van der Waals surface area contributed by atoms with Crippen molar-refractivity contribution in [1.29, 1.82) is 0 Å². The van der Waals surface area contributed by atoms with Gasteiger partial charge in [-0.1, -0.05) is 111 Å². The van der Waals surface area contributed by atoms with E-state index in [1.54, 1.807) is 0 Å². The van der Waals surface area contributed by atoms with Gasteiger partial charge in [0.15, 0.2) is 5.65 Å². The second-order valence-electron chi connectivity index (χ2n) is 13.9. The van der Waals surface area contributed by atoms with Crippen molar-refractivity contribution in [1.82, 2.24) is 19.5 Å². The van der Waals surface area contributed by atoms with Gasteiger partial charge in [-0.3, -0.25) is 4.98 Å². The van der Waals surface area contributed by atoms with E-state index in [0.717, 1.165) is 61.3 Å². The normalized spacial score (nSPS) is 11.2. The first-order chi connectivity index (χ1) is 25.9. The van der Waals surface area contributed by atoms with Crippen LogP contribution in [0, 0.1) is 19.1 Å². The molecule has 4 heterocycles. The van der Waals surface area contributed by atoms with Gasteiger partial charge in [0.1, 0.15) is 5.58 Å². The first-order valence-electron chi connectivity index (χ1n) is 18.2. The number of pyridine rings is 2. The molecule has 0 bridgehead atoms. The Hall–Kier alpha value is -5.68. The van der Waals surface area contributed by atoms with E-state index in [1.165, 1.54) is 27.9 Å². The van der Waals surface area contributed by atoms with Crippen LogP contribution in [0.3, 0.4) is 0 Å². The molecule has 269 valence electrons. The van der Waals surface area contributed by atoms with Crippen LogP contribution in [0.2, 0.25) is 0 Å². The van der Waals surface area contributed by atoms with Gasteiger partial charge >= 0.3 is 0 Å². The molecule has 5 aromatic carbocycles. The van der Waals surface area contributed by atoms with Gasteiger partial charge < -0.3 is 14.0 Å². The molecule has 9 rings (SSSR count). The molecule has 0 unspecified atom stereocenters. The quantitative estimate of drug-likeness (QED) is 0.156. The molecular weight excluding hydrogens is 841 g/mol. The predicted octanol–water partition coefficient (Wildman–Crippen LogP) is 12.6. The molecule has 0 atom stereocenters. The van der Waals surface area contributed by atoms with E-state index in [-0.39, 0.29) is 20.1 Å². The summed E-state index contributed by atoms with van der Waals surface area (Å²) in [6.45, 7) is 11.1. The monoisotopic (exact) mass is 881 g/mol. The van der Waals surface area contributed by atoms with E-state index in [2.05, 4.69) is 116 Å². The maximum atomic E-state index is 6.41. The zero-order valence-corrected chi connectivity index (χ0v) is 33.4. The third-order valence-corrected chi connectivity index (χ3v) is 9.73. The standard InChI is InChI=1S/C31H28N3O.C17H12N.Ir/c1-18(2)21-11-8-12-22(19(3)4)28(21)34-27-20(5)16-17-32-30(27)33-31(34)25-14-9-13-24-23-10-6-7-15-26(23)35-29(24)25;1-3-7-14(8-4-1)16-11-12-18-17(13-16)15-9-5-2-6-10-15;/h6-13,15-19H,1-5H3;1-9,11-13H;/q2*-1;. The second-order valence-corrected chi connectivity index (χ2v) is 13.9. The van der Waals surface area contributed by atoms with Crippen LogP contribution in [-0.2, 0) is 20.1 Å². The molecule has 0 aliphatic carbocycles. The summed E-state index contributed by atoms with van der Waals surface area (Å²) in [5, 5.41) is 2.17. The Kier molecular flexibility index (Phi) is 10.7. The van der Waals surface area contributed by atoms with E-state index in [0.29, 0.717) is 11.8 Å². The Morgan fingerprint density at radius 2 is 1.37 bits per heavy atom. The van der Waals surface area contributed by atoms with Gasteiger partial charge in [-0.15, -0.1) is 54.1 Å². The molecule has 0 amide bonds. The Labute approximate surface area is 330 Å².